The summed E-state index contributed by atoms with van der Waals surface area (Å²) in [5, 5.41) is 23.0. The summed E-state index contributed by atoms with van der Waals surface area (Å²) < 4.78 is 0. The van der Waals surface area contributed by atoms with Crippen molar-refractivity contribution in [3.05, 3.63) is 48.6 Å². The van der Waals surface area contributed by atoms with Crippen molar-refractivity contribution in [1.29, 1.82) is 0 Å². The third-order valence-electron chi connectivity index (χ3n) is 12.3. The minimum Gasteiger partial charge on any atom is -0.394 e. The molecule has 0 aromatic rings. The average molecular weight is 840 g/mol. The highest BCUT2D eigenvalue weighted by Gasteiger charge is 2.17. The number of rotatable bonds is 49. The number of carbonyl (C=O) groups excluding carboxylic acids is 1. The second kappa shape index (κ2) is 51.7. The topological polar surface area (TPSA) is 69.6 Å². The van der Waals surface area contributed by atoms with Crippen molar-refractivity contribution < 1.29 is 15.0 Å². The first-order chi connectivity index (χ1) is 29.7. The molecule has 0 saturated heterocycles. The van der Waals surface area contributed by atoms with Gasteiger partial charge in [0.15, 0.2) is 0 Å². The zero-order valence-corrected chi connectivity index (χ0v) is 40.5. The second-order valence-electron chi connectivity index (χ2n) is 18.3. The van der Waals surface area contributed by atoms with Crippen molar-refractivity contribution in [1.82, 2.24) is 5.32 Å². The van der Waals surface area contributed by atoms with Crippen molar-refractivity contribution in [2.45, 2.75) is 296 Å². The molecule has 3 N–H and O–H groups in total. The number of carbonyl (C=O) groups is 1. The highest BCUT2D eigenvalue weighted by molar-refractivity contribution is 5.76. The lowest BCUT2D eigenvalue weighted by atomic mass is 10.0. The molecule has 0 saturated carbocycles. The molecule has 0 fully saturated rings. The molecule has 0 heterocycles. The van der Waals surface area contributed by atoms with Crippen LogP contribution in [0.3, 0.4) is 0 Å². The number of hydrogen-bond acceptors (Lipinski definition) is 3. The minimum absolute atomic E-state index is 0.0756. The molecule has 4 heteroatoms. The Morgan fingerprint density at radius 3 is 0.967 bits per heavy atom. The average Bonchev–Trinajstić information content (AvgIpc) is 3.25. The normalized spacial score (nSPS) is 13.2. The predicted molar refractivity (Wildman–Crippen MR) is 267 cm³/mol. The summed E-state index contributed by atoms with van der Waals surface area (Å²) in [5.74, 6) is -0.0756. The first-order valence-electron chi connectivity index (χ1n) is 26.9. The van der Waals surface area contributed by atoms with Gasteiger partial charge < -0.3 is 15.5 Å². The van der Waals surface area contributed by atoms with Crippen molar-refractivity contribution in [3.63, 3.8) is 0 Å². The van der Waals surface area contributed by atoms with E-state index in [4.69, 9.17) is 0 Å². The van der Waals surface area contributed by atoms with E-state index in [9.17, 15) is 15.0 Å². The quantitative estimate of drug-likeness (QED) is 0.0422. The van der Waals surface area contributed by atoms with Crippen LogP contribution in [0.2, 0.25) is 0 Å². The second-order valence-corrected chi connectivity index (χ2v) is 18.3. The van der Waals surface area contributed by atoms with E-state index < -0.39 is 12.1 Å². The Balaban J connectivity index is 3.47. The number of unbranched alkanes of at least 4 members (excludes halogenated alkanes) is 36. The molecule has 2 atom stereocenters. The summed E-state index contributed by atoms with van der Waals surface area (Å²) >= 11 is 0. The molecule has 1 amide bonds. The van der Waals surface area contributed by atoms with Gasteiger partial charge in [-0.3, -0.25) is 4.79 Å². The van der Waals surface area contributed by atoms with Crippen LogP contribution in [0.5, 0.6) is 0 Å². The minimum atomic E-state index is -0.869. The van der Waals surface area contributed by atoms with Crippen molar-refractivity contribution in [2.24, 2.45) is 0 Å². The molecule has 0 spiro atoms. The van der Waals surface area contributed by atoms with Crippen LogP contribution < -0.4 is 5.32 Å². The molecule has 0 bridgehead atoms. The van der Waals surface area contributed by atoms with Gasteiger partial charge >= 0.3 is 0 Å². The molecule has 0 aromatic heterocycles. The molecule has 0 aromatic carbocycles. The van der Waals surface area contributed by atoms with Crippen LogP contribution in [0.25, 0.3) is 0 Å². The van der Waals surface area contributed by atoms with E-state index in [-0.39, 0.29) is 12.5 Å². The Kier molecular flexibility index (Phi) is 50.3. The fourth-order valence-corrected chi connectivity index (χ4v) is 8.15. The third-order valence-corrected chi connectivity index (χ3v) is 12.3. The number of hydrogen-bond donors (Lipinski definition) is 3. The summed E-state index contributed by atoms with van der Waals surface area (Å²) in [6, 6.07) is -0.644. The fourth-order valence-electron chi connectivity index (χ4n) is 8.15. The lowest BCUT2D eigenvalue weighted by molar-refractivity contribution is -0.123. The van der Waals surface area contributed by atoms with E-state index in [1.165, 1.54) is 225 Å². The SMILES string of the molecule is CCCCCCC/C=C/CC/C=C/CC/C=C/C(O)C(CO)NC(=O)CCCCCCCCCCCCCCCCCCC/C=C\CCCCCCCCCCCCCC. The molecular formula is C56H105NO3. The molecule has 352 valence electrons. The maximum atomic E-state index is 12.4. The van der Waals surface area contributed by atoms with E-state index in [0.29, 0.717) is 6.42 Å². The molecule has 2 unspecified atom stereocenters. The van der Waals surface area contributed by atoms with E-state index in [0.717, 1.165) is 38.5 Å². The molecule has 0 aliphatic rings. The van der Waals surface area contributed by atoms with Gasteiger partial charge in [0.25, 0.3) is 0 Å². The van der Waals surface area contributed by atoms with Crippen LogP contribution >= 0.6 is 0 Å². The van der Waals surface area contributed by atoms with Gasteiger partial charge in [0.2, 0.25) is 5.91 Å². The highest BCUT2D eigenvalue weighted by Crippen LogP contribution is 2.16. The van der Waals surface area contributed by atoms with Gasteiger partial charge in [-0.15, -0.1) is 0 Å². The smallest absolute Gasteiger partial charge is 0.220 e. The Labute approximate surface area is 375 Å². The number of aliphatic hydroxyl groups excluding tert-OH is 2. The third kappa shape index (κ3) is 47.4. The Bertz CT molecular complexity index is 954. The van der Waals surface area contributed by atoms with Gasteiger partial charge in [-0.2, -0.15) is 0 Å². The molecular weight excluding hydrogens is 735 g/mol. The molecule has 0 aliphatic heterocycles. The maximum absolute atomic E-state index is 12.4. The number of nitrogens with one attached hydrogen (secondary N) is 1. The van der Waals surface area contributed by atoms with Crippen LogP contribution in [0.1, 0.15) is 284 Å². The maximum Gasteiger partial charge on any atom is 0.220 e. The van der Waals surface area contributed by atoms with Crippen LogP contribution in [0, 0.1) is 0 Å². The Morgan fingerprint density at radius 2 is 0.650 bits per heavy atom. The van der Waals surface area contributed by atoms with Crippen molar-refractivity contribution in [3.8, 4) is 0 Å². The Morgan fingerprint density at radius 1 is 0.383 bits per heavy atom. The van der Waals surface area contributed by atoms with Gasteiger partial charge in [-0.1, -0.05) is 255 Å². The highest BCUT2D eigenvalue weighted by atomic mass is 16.3. The van der Waals surface area contributed by atoms with Gasteiger partial charge in [-0.05, 0) is 70.6 Å². The zero-order chi connectivity index (χ0) is 43.5. The Hall–Kier alpha value is -1.65. The number of aliphatic hydroxyl groups is 2. The van der Waals surface area contributed by atoms with Crippen LogP contribution in [-0.2, 0) is 4.79 Å². The first kappa shape index (κ1) is 58.4. The number of allylic oxidation sites excluding steroid dienone is 7. The lowest BCUT2D eigenvalue weighted by Gasteiger charge is -2.19. The predicted octanol–water partition coefficient (Wildman–Crippen LogP) is 17.5. The van der Waals surface area contributed by atoms with Gasteiger partial charge in [0.1, 0.15) is 0 Å². The van der Waals surface area contributed by atoms with E-state index in [1.54, 1.807) is 6.08 Å². The summed E-state index contributed by atoms with van der Waals surface area (Å²) in [6.07, 6.45) is 71.3. The molecule has 0 rings (SSSR count). The molecule has 0 aliphatic carbocycles. The van der Waals surface area contributed by atoms with Crippen molar-refractivity contribution >= 4 is 5.91 Å². The van der Waals surface area contributed by atoms with E-state index in [1.807, 2.05) is 6.08 Å². The zero-order valence-electron chi connectivity index (χ0n) is 40.5. The van der Waals surface area contributed by atoms with Crippen LogP contribution in [0.15, 0.2) is 48.6 Å². The largest absolute Gasteiger partial charge is 0.394 e. The van der Waals surface area contributed by atoms with Gasteiger partial charge in [0, 0.05) is 6.42 Å². The summed E-state index contributed by atoms with van der Waals surface area (Å²) in [4.78, 5) is 12.4. The van der Waals surface area contributed by atoms with Crippen molar-refractivity contribution in [2.75, 3.05) is 6.61 Å². The number of amides is 1. The summed E-state index contributed by atoms with van der Waals surface area (Å²) in [6.45, 7) is 4.29. The molecule has 60 heavy (non-hydrogen) atoms. The summed E-state index contributed by atoms with van der Waals surface area (Å²) in [7, 11) is 0. The summed E-state index contributed by atoms with van der Waals surface area (Å²) in [5.41, 5.74) is 0. The molecule has 0 radical (unpaired) electrons. The monoisotopic (exact) mass is 840 g/mol. The fraction of sp³-hybridized carbons (Fsp3) is 0.839. The van der Waals surface area contributed by atoms with Crippen LogP contribution in [-0.4, -0.2) is 34.9 Å². The van der Waals surface area contributed by atoms with Gasteiger partial charge in [0.05, 0.1) is 18.8 Å². The standard InChI is InChI=1S/C56H105NO3/c1-3-5-7-9-11-13-15-17-19-20-21-22-23-24-25-26-27-28-29-30-31-32-33-34-35-36-38-40-42-44-46-48-50-52-56(60)57-54(53-58)55(59)51-49-47-45-43-41-39-37-18-16-14-12-10-8-6-4-2/h16,18,24-25,41,43,49,51,54-55,58-59H,3-15,17,19-23,26-40,42,44-48,50,52-53H2,1-2H3,(H,57,60)/b18-16+,25-24-,43-41+,51-49+. The van der Waals surface area contributed by atoms with E-state index in [2.05, 4.69) is 55.6 Å². The van der Waals surface area contributed by atoms with Gasteiger partial charge in [-0.25, -0.2) is 0 Å². The van der Waals surface area contributed by atoms with E-state index >= 15 is 0 Å². The molecule has 4 nitrogen and oxygen atoms in total. The lowest BCUT2D eigenvalue weighted by Crippen LogP contribution is -2.45. The first-order valence-corrected chi connectivity index (χ1v) is 26.9. The van der Waals surface area contributed by atoms with Crippen LogP contribution in [0.4, 0.5) is 0 Å².